The van der Waals surface area contributed by atoms with Crippen molar-refractivity contribution < 1.29 is 37.1 Å². The number of nitrogens with one attached hydrogen (secondary N) is 1. The molecule has 16 nitrogen and oxygen atoms in total. The number of aromatic nitrogens is 1. The molecule has 0 saturated heterocycles. The first-order valence-corrected chi connectivity index (χ1v) is 31.2. The molecule has 0 radical (unpaired) electrons. The average Bonchev–Trinajstić information content (AvgIpc) is 1.66. The molecule has 7 N–H and O–H groups in total. The van der Waals surface area contributed by atoms with Gasteiger partial charge in [0, 0.05) is 53.3 Å². The van der Waals surface area contributed by atoms with Crippen molar-refractivity contribution in [2.75, 3.05) is 20.6 Å². The number of alkyl halides is 3. The van der Waals surface area contributed by atoms with Crippen LogP contribution in [0.3, 0.4) is 0 Å². The van der Waals surface area contributed by atoms with E-state index in [1.807, 2.05) is 74.5 Å². The van der Waals surface area contributed by atoms with Crippen LogP contribution in [0.15, 0.2) is 118 Å². The number of benzene rings is 3. The van der Waals surface area contributed by atoms with Crippen molar-refractivity contribution in [3.8, 4) is 27.3 Å². The minimum atomic E-state index is -4.74. The van der Waals surface area contributed by atoms with Gasteiger partial charge in [-0.05, 0) is 172 Å². The van der Waals surface area contributed by atoms with Gasteiger partial charge in [-0.25, -0.2) is 15.0 Å². The summed E-state index contributed by atoms with van der Waals surface area (Å²) in [6.07, 6.45) is 14.4. The van der Waals surface area contributed by atoms with Crippen LogP contribution in [0.1, 0.15) is 143 Å². The molecule has 0 spiro atoms. The second-order valence-electron chi connectivity index (χ2n) is 24.6. The Morgan fingerprint density at radius 3 is 2.10 bits per heavy atom. The Hall–Kier alpha value is -7.32. The first-order valence-electron chi connectivity index (χ1n) is 30.0. The summed E-state index contributed by atoms with van der Waals surface area (Å²) in [4.78, 5) is 75.9. The van der Waals surface area contributed by atoms with Gasteiger partial charge in [0.2, 0.25) is 5.91 Å². The Balaban J connectivity index is 0.000000144. The summed E-state index contributed by atoms with van der Waals surface area (Å²) in [5.74, 6) is 2.33. The highest BCUT2D eigenvalue weighted by Gasteiger charge is 2.58. The van der Waals surface area contributed by atoms with E-state index in [-0.39, 0.29) is 53.7 Å². The highest BCUT2D eigenvalue weighted by atomic mass is 35.5. The molecule has 21 heteroatoms. The molecule has 456 valence electrons. The number of amides is 4. The van der Waals surface area contributed by atoms with E-state index < -0.39 is 23.0 Å². The predicted octanol–water partition coefficient (Wildman–Crippen LogP) is 11.8. The first kappa shape index (κ1) is 61.8. The van der Waals surface area contributed by atoms with Crippen molar-refractivity contribution in [1.29, 1.82) is 0 Å². The summed E-state index contributed by atoms with van der Waals surface area (Å²) in [5, 5.41) is 3.90. The fourth-order valence-corrected chi connectivity index (χ4v) is 14.1. The van der Waals surface area contributed by atoms with Gasteiger partial charge in [0.05, 0.1) is 12.0 Å². The third-order valence-electron chi connectivity index (χ3n) is 18.0. The van der Waals surface area contributed by atoms with Gasteiger partial charge in [-0.3, -0.25) is 38.9 Å². The number of hydrogen-bond donors (Lipinski definition) is 4. The average molecular weight is 1220 g/mol. The van der Waals surface area contributed by atoms with Crippen LogP contribution < -0.4 is 27.3 Å². The van der Waals surface area contributed by atoms with Crippen molar-refractivity contribution in [2.24, 2.45) is 55.8 Å². The summed E-state index contributed by atoms with van der Waals surface area (Å²) >= 11 is 7.52. The fourth-order valence-electron chi connectivity index (χ4n) is 12.8. The summed E-state index contributed by atoms with van der Waals surface area (Å²) in [5.41, 5.74) is 20.9. The number of aryl methyl sites for hydroxylation is 1. The maximum absolute atomic E-state index is 13.5. The molecular formula is C65H77ClF3N11O5S. The molecule has 4 fully saturated rings. The smallest absolute Gasteiger partial charge is 0.406 e. The lowest BCUT2D eigenvalue weighted by Gasteiger charge is -2.35. The third kappa shape index (κ3) is 14.2. The molecule has 2 aromatic heterocycles. The zero-order chi connectivity index (χ0) is 61.1. The molecule has 1 unspecified atom stereocenters. The van der Waals surface area contributed by atoms with E-state index in [4.69, 9.17) is 38.8 Å². The van der Waals surface area contributed by atoms with Gasteiger partial charge in [0.25, 0.3) is 17.7 Å². The summed E-state index contributed by atoms with van der Waals surface area (Å²) in [6, 6.07) is 29.1. The number of nitrogens with two attached hydrogens (primary N) is 3. The fraction of sp³-hybridized carbons (Fsp3) is 0.477. The van der Waals surface area contributed by atoms with Crippen molar-refractivity contribution in [2.45, 2.75) is 152 Å². The molecule has 12 rings (SSSR count). The number of carbonyl (C=O) groups is 4. The number of likely N-dealkylation sites (N-methyl/N-ethyl adjacent to an activating group) is 1. The zero-order valence-corrected chi connectivity index (χ0v) is 50.8. The predicted molar refractivity (Wildman–Crippen MR) is 330 cm³/mol. The summed E-state index contributed by atoms with van der Waals surface area (Å²) < 4.78 is 41.2. The lowest BCUT2D eigenvalue weighted by molar-refractivity contribution is -0.274. The standard InChI is InChI=1S/C26H39N5O2.C22H22ClN3O.C17H16F3N3O2S/c1-18-11-12-21(17-28-18)23(32)29-22-10-6-9-20(15-22)16-26(24(33)31(2)25(27)30-26)14-13-19-7-4-3-5-8-19;23-19-6-2-4-16(12-19)15-3-1-5-18(11-15)22(17-9-10-17)20(27)26(21(24)25-22)13-14-7-8-14;1-16(9-14(24)23(2)15(21)22-16)13-7-6-12(26-13)10-4-3-5-11(8-10)25-17(18,19)20/h11-12,17,19-20,22H,3-10,13-16H2,1-2H3,(H2,27,30)(H,29,32);1-6,11-12,14,17H,7-10,13H2,(H2,24,25);3-8H,9H2,1-2H3,(H2,21,22)/t20-,22+,26+;;16-/m0.0/s1. The second-order valence-corrected chi connectivity index (χ2v) is 26.1. The summed E-state index contributed by atoms with van der Waals surface area (Å²) in [6.45, 7) is 4.43. The Kier molecular flexibility index (Phi) is 18.4. The van der Waals surface area contributed by atoms with Crippen LogP contribution in [-0.4, -0.2) is 99.8 Å². The number of halogens is 4. The quantitative estimate of drug-likeness (QED) is 0.0780. The molecule has 5 aromatic rings. The number of carbonyl (C=O) groups excluding carboxylic acids is 4. The van der Waals surface area contributed by atoms with Gasteiger partial charge in [-0.2, -0.15) is 0 Å². The monoisotopic (exact) mass is 1220 g/mol. The second kappa shape index (κ2) is 25.6. The van der Waals surface area contributed by atoms with Gasteiger partial charge in [-0.1, -0.05) is 99.0 Å². The van der Waals surface area contributed by atoms with E-state index in [9.17, 15) is 32.3 Å². The summed E-state index contributed by atoms with van der Waals surface area (Å²) in [7, 11) is 3.30. The van der Waals surface area contributed by atoms with Gasteiger partial charge in [0.15, 0.2) is 23.4 Å². The molecule has 3 aromatic carbocycles. The Labute approximate surface area is 509 Å². The van der Waals surface area contributed by atoms with Crippen LogP contribution in [0.5, 0.6) is 5.75 Å². The minimum absolute atomic E-state index is 0.0488. The molecule has 5 atom stereocenters. The van der Waals surface area contributed by atoms with Crippen molar-refractivity contribution in [1.82, 2.24) is 25.0 Å². The van der Waals surface area contributed by atoms with E-state index in [1.54, 1.807) is 37.3 Å². The third-order valence-corrected chi connectivity index (χ3v) is 19.6. The molecule has 3 aliphatic heterocycles. The molecule has 4 saturated carbocycles. The number of ether oxygens (including phenoxy) is 1. The Morgan fingerprint density at radius 2 is 1.44 bits per heavy atom. The molecule has 7 aliphatic rings. The van der Waals surface area contributed by atoms with Crippen LogP contribution in [-0.2, 0) is 25.5 Å². The van der Waals surface area contributed by atoms with Crippen molar-refractivity contribution >= 4 is 64.4 Å². The topological polar surface area (TPSA) is 227 Å². The van der Waals surface area contributed by atoms with Gasteiger partial charge in [-0.15, -0.1) is 24.5 Å². The maximum atomic E-state index is 13.5. The van der Waals surface area contributed by atoms with Gasteiger partial charge < -0.3 is 27.3 Å². The number of guanidine groups is 3. The van der Waals surface area contributed by atoms with Crippen LogP contribution >= 0.6 is 22.9 Å². The molecule has 0 bridgehead atoms. The van der Waals surface area contributed by atoms with E-state index in [0.717, 1.165) is 89.9 Å². The zero-order valence-electron chi connectivity index (χ0n) is 49.3. The minimum Gasteiger partial charge on any atom is -0.406 e. The van der Waals surface area contributed by atoms with E-state index in [1.165, 1.54) is 84.3 Å². The Bertz CT molecular complexity index is 3420. The van der Waals surface area contributed by atoms with Crippen molar-refractivity contribution in [3.63, 3.8) is 0 Å². The molecule has 4 aliphatic carbocycles. The number of rotatable bonds is 15. The van der Waals surface area contributed by atoms with Gasteiger partial charge >= 0.3 is 6.36 Å². The molecule has 86 heavy (non-hydrogen) atoms. The molecular weight excluding hydrogens is 1140 g/mol. The normalized spacial score (nSPS) is 25.1. The van der Waals surface area contributed by atoms with Crippen LogP contribution in [0.4, 0.5) is 13.2 Å². The maximum Gasteiger partial charge on any atom is 0.573 e. The largest absolute Gasteiger partial charge is 0.573 e. The van der Waals surface area contributed by atoms with Gasteiger partial charge in [0.1, 0.15) is 16.8 Å². The SMILES string of the molecule is CN1C(=O)C[C@@](C)(c2ccc(-c3cccc(OC(F)(F)F)c3)s2)N=C1N.Cc1ccc(C(=O)N[C@@H]2CCC[C@H](C[C@@]3(CCC4CCCCC4)N=C(N)N(C)C3=O)C2)cn1.NC1=NC(c2cccc(-c3cccc(Cl)c3)c2)(C2CC2)C(=O)N1CC1CC1. The lowest BCUT2D eigenvalue weighted by Crippen LogP contribution is -2.47. The van der Waals surface area contributed by atoms with E-state index >= 15 is 0 Å². The van der Waals surface area contributed by atoms with Crippen LogP contribution in [0.25, 0.3) is 21.6 Å². The lowest BCUT2D eigenvalue weighted by atomic mass is 9.74. The number of aliphatic imine (C=N–C) groups is 3. The van der Waals surface area contributed by atoms with E-state index in [2.05, 4.69) is 26.1 Å². The number of nitrogens with zero attached hydrogens (tertiary/aromatic N) is 7. The van der Waals surface area contributed by atoms with Crippen LogP contribution in [0, 0.1) is 30.6 Å². The number of thiophene rings is 1. The van der Waals surface area contributed by atoms with Crippen molar-refractivity contribution in [3.05, 3.63) is 130 Å². The first-order chi connectivity index (χ1) is 41.0. The highest BCUT2D eigenvalue weighted by Crippen LogP contribution is 2.53. The Morgan fingerprint density at radius 1 is 0.744 bits per heavy atom. The van der Waals surface area contributed by atoms with Crippen LogP contribution in [0.2, 0.25) is 5.02 Å². The molecule has 4 amide bonds. The highest BCUT2D eigenvalue weighted by molar-refractivity contribution is 7.15. The number of pyridine rings is 1. The van der Waals surface area contributed by atoms with E-state index in [0.29, 0.717) is 52.4 Å². The molecule has 5 heterocycles. The number of hydrogen-bond acceptors (Lipinski definition) is 13.